The van der Waals surface area contributed by atoms with E-state index in [0.717, 1.165) is 12.1 Å². The van der Waals surface area contributed by atoms with Crippen molar-refractivity contribution >= 4 is 6.09 Å². The van der Waals surface area contributed by atoms with Gasteiger partial charge in [0.2, 0.25) is 0 Å². The molecule has 0 saturated carbocycles. The number of benzene rings is 1. The molecule has 1 heterocycles. The van der Waals surface area contributed by atoms with Crippen LogP contribution in [0, 0.1) is 0 Å². The summed E-state index contributed by atoms with van der Waals surface area (Å²) in [7, 11) is 0. The van der Waals surface area contributed by atoms with Gasteiger partial charge in [0, 0.05) is 0 Å². The quantitative estimate of drug-likeness (QED) is 0.850. The monoisotopic (exact) mass is 361 g/mol. The lowest BCUT2D eigenvalue weighted by molar-refractivity contribution is -0.137. The van der Waals surface area contributed by atoms with Gasteiger partial charge in [-0.2, -0.15) is 13.2 Å². The van der Waals surface area contributed by atoms with E-state index in [4.69, 9.17) is 4.74 Å². The molecule has 25 heavy (non-hydrogen) atoms. The third kappa shape index (κ3) is 4.85. The number of amides is 1. The summed E-state index contributed by atoms with van der Waals surface area (Å²) in [6, 6.07) is 3.72. The van der Waals surface area contributed by atoms with E-state index in [0.29, 0.717) is 5.56 Å². The van der Waals surface area contributed by atoms with Crippen molar-refractivity contribution in [2.45, 2.75) is 57.2 Å². The number of carbonyl (C=O) groups is 1. The van der Waals surface area contributed by atoms with Crippen LogP contribution in [-0.4, -0.2) is 51.6 Å². The second-order valence-electron chi connectivity index (χ2n) is 7.16. The Morgan fingerprint density at radius 2 is 1.76 bits per heavy atom. The van der Waals surface area contributed by atoms with Crippen molar-refractivity contribution in [3.05, 3.63) is 35.4 Å². The van der Waals surface area contributed by atoms with Gasteiger partial charge in [0.05, 0.1) is 24.3 Å². The van der Waals surface area contributed by atoms with Crippen molar-refractivity contribution in [3.63, 3.8) is 0 Å². The molecule has 0 aromatic heterocycles. The maximum Gasteiger partial charge on any atom is 0.416 e. The minimum absolute atomic E-state index is 0.0959. The normalized spacial score (nSPS) is 24.5. The van der Waals surface area contributed by atoms with Gasteiger partial charge in [-0.15, -0.1) is 0 Å². The van der Waals surface area contributed by atoms with Gasteiger partial charge in [-0.25, -0.2) is 4.79 Å². The topological polar surface area (TPSA) is 70.0 Å². The number of aliphatic hydroxyl groups excluding tert-OH is 2. The highest BCUT2D eigenvalue weighted by atomic mass is 19.4. The van der Waals surface area contributed by atoms with Crippen molar-refractivity contribution < 1.29 is 32.9 Å². The minimum Gasteiger partial charge on any atom is -0.444 e. The second kappa shape index (κ2) is 6.84. The van der Waals surface area contributed by atoms with Crippen LogP contribution in [0.4, 0.5) is 18.0 Å². The van der Waals surface area contributed by atoms with E-state index in [9.17, 15) is 28.2 Å². The largest absolute Gasteiger partial charge is 0.444 e. The van der Waals surface area contributed by atoms with Gasteiger partial charge in [-0.05, 0) is 44.9 Å². The van der Waals surface area contributed by atoms with Gasteiger partial charge in [0.25, 0.3) is 0 Å². The van der Waals surface area contributed by atoms with Gasteiger partial charge in [-0.1, -0.05) is 12.1 Å². The van der Waals surface area contributed by atoms with Crippen molar-refractivity contribution in [1.82, 2.24) is 4.90 Å². The van der Waals surface area contributed by atoms with Crippen LogP contribution in [0.25, 0.3) is 0 Å². The number of β-amino-alcohol motifs (C(OH)–C–C–N with tert-alkyl or cyclic N) is 1. The van der Waals surface area contributed by atoms with Crippen molar-refractivity contribution in [2.75, 3.05) is 6.54 Å². The Balaban J connectivity index is 2.15. The molecule has 0 spiro atoms. The fourth-order valence-electron chi connectivity index (χ4n) is 2.72. The molecule has 8 heteroatoms. The highest BCUT2D eigenvalue weighted by Crippen LogP contribution is 2.30. The Kier molecular flexibility index (Phi) is 5.34. The van der Waals surface area contributed by atoms with E-state index < -0.39 is 41.7 Å². The first-order valence-electron chi connectivity index (χ1n) is 7.90. The summed E-state index contributed by atoms with van der Waals surface area (Å²) in [4.78, 5) is 13.5. The van der Waals surface area contributed by atoms with Crippen LogP contribution in [0.15, 0.2) is 24.3 Å². The predicted molar refractivity (Wildman–Crippen MR) is 83.9 cm³/mol. The summed E-state index contributed by atoms with van der Waals surface area (Å²) < 4.78 is 43.1. The van der Waals surface area contributed by atoms with E-state index >= 15 is 0 Å². The lowest BCUT2D eigenvalue weighted by Gasteiger charge is -2.29. The first kappa shape index (κ1) is 19.5. The number of hydrogen-bond donors (Lipinski definition) is 2. The fraction of sp³-hybridized carbons (Fsp3) is 0.588. The van der Waals surface area contributed by atoms with Gasteiger partial charge in [0.15, 0.2) is 0 Å². The molecule has 1 saturated heterocycles. The number of aliphatic hydroxyl groups is 2. The average molecular weight is 361 g/mol. The molecular formula is C17H22F3NO4. The molecule has 0 unspecified atom stereocenters. The third-order valence-electron chi connectivity index (χ3n) is 3.93. The van der Waals surface area contributed by atoms with Crippen LogP contribution in [-0.2, 0) is 17.3 Å². The average Bonchev–Trinajstić information content (AvgIpc) is 2.74. The zero-order valence-electron chi connectivity index (χ0n) is 14.2. The van der Waals surface area contributed by atoms with Gasteiger partial charge < -0.3 is 14.9 Å². The summed E-state index contributed by atoms with van der Waals surface area (Å²) in [5.41, 5.74) is -0.999. The molecule has 1 aliphatic heterocycles. The SMILES string of the molecule is CC(C)(C)OC(=O)N1C[C@H](O)[C@@H](O)[C@H]1Cc1ccc(C(F)(F)F)cc1. The molecule has 1 aromatic carbocycles. The van der Waals surface area contributed by atoms with Crippen LogP contribution in [0.1, 0.15) is 31.9 Å². The van der Waals surface area contributed by atoms with Crippen LogP contribution in [0.2, 0.25) is 0 Å². The fourth-order valence-corrected chi connectivity index (χ4v) is 2.72. The Morgan fingerprint density at radius 3 is 2.24 bits per heavy atom. The maximum atomic E-state index is 12.6. The Labute approximate surface area is 144 Å². The molecule has 0 bridgehead atoms. The number of carbonyl (C=O) groups excluding carboxylic acids is 1. The van der Waals surface area contributed by atoms with Crippen molar-refractivity contribution in [1.29, 1.82) is 0 Å². The molecule has 2 rings (SSSR count). The summed E-state index contributed by atoms with van der Waals surface area (Å²) >= 11 is 0. The van der Waals surface area contributed by atoms with Crippen LogP contribution in [0.3, 0.4) is 0 Å². The number of likely N-dealkylation sites (tertiary alicyclic amines) is 1. The first-order valence-corrected chi connectivity index (χ1v) is 7.90. The summed E-state index contributed by atoms with van der Waals surface area (Å²) in [5.74, 6) is 0. The van der Waals surface area contributed by atoms with E-state index in [1.54, 1.807) is 20.8 Å². The summed E-state index contributed by atoms with van der Waals surface area (Å²) in [5, 5.41) is 20.0. The Hall–Kier alpha value is -1.80. The molecule has 3 atom stereocenters. The standard InChI is InChI=1S/C17H22F3NO4/c1-16(2,3)25-15(24)21-9-13(22)14(23)12(21)8-10-4-6-11(7-5-10)17(18,19)20/h4-7,12-14,22-23H,8-9H2,1-3H3/t12-,13+,14+/m1/s1. The molecule has 1 fully saturated rings. The molecule has 1 aliphatic rings. The first-order chi connectivity index (χ1) is 11.4. The number of alkyl halides is 3. The number of nitrogens with zero attached hydrogens (tertiary/aromatic N) is 1. The molecule has 1 amide bonds. The Morgan fingerprint density at radius 1 is 1.20 bits per heavy atom. The van der Waals surface area contributed by atoms with Crippen molar-refractivity contribution in [3.8, 4) is 0 Å². The zero-order chi connectivity index (χ0) is 19.0. The summed E-state index contributed by atoms with van der Waals surface area (Å²) in [6.07, 6.45) is -7.33. The van der Waals surface area contributed by atoms with Crippen LogP contribution >= 0.6 is 0 Å². The number of rotatable bonds is 2. The summed E-state index contributed by atoms with van der Waals surface area (Å²) in [6.45, 7) is 4.98. The lowest BCUT2D eigenvalue weighted by Crippen LogP contribution is -2.43. The minimum atomic E-state index is -4.43. The van der Waals surface area contributed by atoms with Gasteiger partial charge in [-0.3, -0.25) is 4.90 Å². The van der Waals surface area contributed by atoms with Gasteiger partial charge in [0.1, 0.15) is 11.7 Å². The second-order valence-corrected chi connectivity index (χ2v) is 7.16. The maximum absolute atomic E-state index is 12.6. The van der Waals surface area contributed by atoms with Crippen molar-refractivity contribution in [2.24, 2.45) is 0 Å². The molecule has 1 aromatic rings. The molecule has 5 nitrogen and oxygen atoms in total. The number of ether oxygens (including phenoxy) is 1. The van der Waals surface area contributed by atoms with E-state index in [2.05, 4.69) is 0 Å². The van der Waals surface area contributed by atoms with E-state index in [1.807, 2.05) is 0 Å². The molecule has 0 radical (unpaired) electrons. The molecule has 140 valence electrons. The van der Waals surface area contributed by atoms with Crippen LogP contribution < -0.4 is 0 Å². The molecular weight excluding hydrogens is 339 g/mol. The predicted octanol–water partition coefficient (Wildman–Crippen LogP) is 2.59. The zero-order valence-corrected chi connectivity index (χ0v) is 14.2. The van der Waals surface area contributed by atoms with E-state index in [-0.39, 0.29) is 13.0 Å². The molecule has 2 N–H and O–H groups in total. The third-order valence-corrected chi connectivity index (χ3v) is 3.93. The van der Waals surface area contributed by atoms with Gasteiger partial charge >= 0.3 is 12.3 Å². The highest BCUT2D eigenvalue weighted by Gasteiger charge is 2.43. The Bertz CT molecular complexity index is 610. The highest BCUT2D eigenvalue weighted by molar-refractivity contribution is 5.69. The lowest BCUT2D eigenvalue weighted by atomic mass is 10.00. The number of halogens is 3. The number of hydrogen-bond acceptors (Lipinski definition) is 4. The van der Waals surface area contributed by atoms with Crippen LogP contribution in [0.5, 0.6) is 0 Å². The molecule has 0 aliphatic carbocycles. The van der Waals surface area contributed by atoms with E-state index in [1.165, 1.54) is 17.0 Å². The smallest absolute Gasteiger partial charge is 0.416 e.